The molecular formula is C19H24N2O5S2. The number of benzene rings is 1. The summed E-state index contributed by atoms with van der Waals surface area (Å²) in [6, 6.07) is 8.06. The first-order chi connectivity index (χ1) is 13.1. The topological polar surface area (TPSA) is 92.8 Å². The second-order valence-corrected chi connectivity index (χ2v) is 9.67. The van der Waals surface area contributed by atoms with Gasteiger partial charge in [-0.1, -0.05) is 0 Å². The highest BCUT2D eigenvalue weighted by molar-refractivity contribution is 7.89. The molecule has 0 bridgehead atoms. The Morgan fingerprint density at radius 1 is 1.14 bits per heavy atom. The number of hydrogen-bond acceptors (Lipinski definition) is 6. The average molecular weight is 425 g/mol. The van der Waals surface area contributed by atoms with Crippen LogP contribution in [-0.4, -0.2) is 45.1 Å². The zero-order chi connectivity index (χ0) is 20.9. The molecule has 152 valence electrons. The Bertz CT molecular complexity index is 964. The van der Waals surface area contributed by atoms with E-state index in [2.05, 4.69) is 5.32 Å². The summed E-state index contributed by atoms with van der Waals surface area (Å²) in [4.78, 5) is 26.0. The summed E-state index contributed by atoms with van der Waals surface area (Å²) >= 11 is 1.40. The molecule has 1 aromatic heterocycles. The van der Waals surface area contributed by atoms with E-state index in [0.717, 1.165) is 9.18 Å². The number of thiophene rings is 1. The molecule has 0 saturated carbocycles. The Morgan fingerprint density at radius 2 is 1.86 bits per heavy atom. The molecule has 0 atom stereocenters. The molecule has 0 aliphatic rings. The number of Topliss-reactive ketones (excluding diaryl/α,β-unsaturated/α-hetero) is 1. The van der Waals surface area contributed by atoms with Crippen LogP contribution >= 0.6 is 11.3 Å². The second kappa shape index (κ2) is 9.31. The summed E-state index contributed by atoms with van der Waals surface area (Å²) < 4.78 is 31.5. The van der Waals surface area contributed by atoms with E-state index in [-0.39, 0.29) is 35.2 Å². The zero-order valence-corrected chi connectivity index (χ0v) is 17.9. The Labute approximate surface area is 169 Å². The van der Waals surface area contributed by atoms with Gasteiger partial charge in [-0.25, -0.2) is 12.7 Å². The number of aryl methyl sites for hydroxylation is 1. The molecule has 1 N–H and O–H groups in total. The summed E-state index contributed by atoms with van der Waals surface area (Å²) in [5.74, 6) is -0.229. The highest BCUT2D eigenvalue weighted by Crippen LogP contribution is 2.29. The number of amides is 1. The number of anilines is 1. The fourth-order valence-corrected chi connectivity index (χ4v) is 4.30. The van der Waals surface area contributed by atoms with Crippen LogP contribution in [0.5, 0.6) is 5.75 Å². The van der Waals surface area contributed by atoms with E-state index in [0.29, 0.717) is 17.2 Å². The van der Waals surface area contributed by atoms with E-state index in [1.165, 1.54) is 37.6 Å². The molecule has 28 heavy (non-hydrogen) atoms. The number of nitrogens with one attached hydrogen (secondary N) is 1. The Morgan fingerprint density at radius 3 is 2.43 bits per heavy atom. The van der Waals surface area contributed by atoms with Gasteiger partial charge in [-0.2, -0.15) is 0 Å². The predicted octanol–water partition coefficient (Wildman–Crippen LogP) is 3.31. The molecule has 2 aromatic rings. The minimum atomic E-state index is -3.74. The normalized spacial score (nSPS) is 11.5. The second-order valence-electron chi connectivity index (χ2n) is 6.26. The number of hydrogen-bond donors (Lipinski definition) is 1. The molecule has 0 spiro atoms. The van der Waals surface area contributed by atoms with Crippen molar-refractivity contribution in [3.63, 3.8) is 0 Å². The third kappa shape index (κ3) is 5.40. The molecule has 0 unspecified atom stereocenters. The van der Waals surface area contributed by atoms with Crippen LogP contribution in [0.25, 0.3) is 0 Å². The zero-order valence-electron chi connectivity index (χ0n) is 16.3. The van der Waals surface area contributed by atoms with Crippen LogP contribution in [0.15, 0.2) is 35.2 Å². The van der Waals surface area contributed by atoms with E-state index < -0.39 is 10.0 Å². The lowest BCUT2D eigenvalue weighted by Gasteiger charge is -2.16. The van der Waals surface area contributed by atoms with Crippen molar-refractivity contribution in [3.8, 4) is 5.75 Å². The fraction of sp³-hybridized carbons (Fsp3) is 0.368. The monoisotopic (exact) mass is 424 g/mol. The van der Waals surface area contributed by atoms with E-state index in [1.807, 2.05) is 13.0 Å². The van der Waals surface area contributed by atoms with Gasteiger partial charge in [0.25, 0.3) is 0 Å². The number of nitrogens with zero attached hydrogens (tertiary/aromatic N) is 1. The molecule has 0 aliphatic carbocycles. The van der Waals surface area contributed by atoms with E-state index in [1.54, 1.807) is 19.1 Å². The highest BCUT2D eigenvalue weighted by Gasteiger charge is 2.23. The maximum atomic E-state index is 12.5. The van der Waals surface area contributed by atoms with Crippen molar-refractivity contribution < 1.29 is 22.7 Å². The van der Waals surface area contributed by atoms with Crippen LogP contribution in [0.1, 0.15) is 34.3 Å². The Kier molecular flexibility index (Phi) is 7.34. The van der Waals surface area contributed by atoms with Crippen LogP contribution in [0.3, 0.4) is 0 Å². The third-order valence-corrected chi connectivity index (χ3v) is 6.76. The number of rotatable bonds is 9. The molecule has 0 aliphatic heterocycles. The average Bonchev–Trinajstić information content (AvgIpc) is 3.07. The van der Waals surface area contributed by atoms with E-state index in [4.69, 9.17) is 4.74 Å². The number of sulfonamides is 1. The van der Waals surface area contributed by atoms with Crippen LogP contribution < -0.4 is 10.1 Å². The Balaban J connectivity index is 2.10. The van der Waals surface area contributed by atoms with Gasteiger partial charge < -0.3 is 10.1 Å². The van der Waals surface area contributed by atoms with Gasteiger partial charge in [-0.05, 0) is 44.2 Å². The van der Waals surface area contributed by atoms with Crippen LogP contribution in [-0.2, 0) is 14.8 Å². The van der Waals surface area contributed by atoms with Gasteiger partial charge in [0.1, 0.15) is 10.6 Å². The maximum absolute atomic E-state index is 12.5. The summed E-state index contributed by atoms with van der Waals surface area (Å²) in [7, 11) is -0.894. The van der Waals surface area contributed by atoms with Crippen molar-refractivity contribution in [1.29, 1.82) is 0 Å². The lowest BCUT2D eigenvalue weighted by atomic mass is 10.2. The fourth-order valence-electron chi connectivity index (χ4n) is 2.42. The summed E-state index contributed by atoms with van der Waals surface area (Å²) in [6.45, 7) is 3.99. The minimum Gasteiger partial charge on any atom is -0.492 e. The van der Waals surface area contributed by atoms with Gasteiger partial charge in [-0.15, -0.1) is 11.3 Å². The third-order valence-electron chi connectivity index (χ3n) is 3.88. The number of carbonyl (C=O) groups is 2. The molecule has 1 heterocycles. The summed E-state index contributed by atoms with van der Waals surface area (Å²) in [5.41, 5.74) is 0.327. The first kappa shape index (κ1) is 22.1. The summed E-state index contributed by atoms with van der Waals surface area (Å²) in [6.07, 6.45) is 0.102. The van der Waals surface area contributed by atoms with E-state index >= 15 is 0 Å². The first-order valence-electron chi connectivity index (χ1n) is 8.74. The molecule has 0 radical (unpaired) electrons. The Hall–Kier alpha value is -2.23. The van der Waals surface area contributed by atoms with Gasteiger partial charge >= 0.3 is 0 Å². The predicted molar refractivity (Wildman–Crippen MR) is 110 cm³/mol. The van der Waals surface area contributed by atoms with Gasteiger partial charge in [0.15, 0.2) is 5.78 Å². The highest BCUT2D eigenvalue weighted by atomic mass is 32.2. The molecular weight excluding hydrogens is 400 g/mol. The standard InChI is InChI=1S/C19H24N2O5S2/c1-5-26-16-9-7-14(12-18(16)28(24,25)21(3)4)20-19(23)11-8-15(22)17-10-6-13(2)27-17/h6-7,9-10,12H,5,8,11H2,1-4H3,(H,20,23). The molecule has 9 heteroatoms. The van der Waals surface area contributed by atoms with Crippen molar-refractivity contribution in [2.75, 3.05) is 26.0 Å². The smallest absolute Gasteiger partial charge is 0.246 e. The quantitative estimate of drug-likeness (QED) is 0.624. The summed E-state index contributed by atoms with van der Waals surface area (Å²) in [5, 5.41) is 2.65. The number of ether oxygens (including phenoxy) is 1. The SMILES string of the molecule is CCOc1ccc(NC(=O)CCC(=O)c2ccc(C)s2)cc1S(=O)(=O)N(C)C. The van der Waals surface area contributed by atoms with Crippen LogP contribution in [0.2, 0.25) is 0 Å². The number of carbonyl (C=O) groups excluding carboxylic acids is 2. The molecule has 0 saturated heterocycles. The van der Waals surface area contributed by atoms with Crippen molar-refractivity contribution >= 4 is 38.7 Å². The van der Waals surface area contributed by atoms with Crippen molar-refractivity contribution in [3.05, 3.63) is 40.1 Å². The number of ketones is 1. The molecule has 1 aromatic carbocycles. The van der Waals surface area contributed by atoms with Crippen LogP contribution in [0, 0.1) is 6.92 Å². The maximum Gasteiger partial charge on any atom is 0.246 e. The lowest BCUT2D eigenvalue weighted by molar-refractivity contribution is -0.116. The molecule has 7 nitrogen and oxygen atoms in total. The largest absolute Gasteiger partial charge is 0.492 e. The molecule has 1 amide bonds. The first-order valence-corrected chi connectivity index (χ1v) is 11.0. The van der Waals surface area contributed by atoms with Gasteiger partial charge in [0.2, 0.25) is 15.9 Å². The minimum absolute atomic E-state index is 0.0127. The van der Waals surface area contributed by atoms with Crippen molar-refractivity contribution in [1.82, 2.24) is 4.31 Å². The van der Waals surface area contributed by atoms with Crippen molar-refractivity contribution in [2.45, 2.75) is 31.6 Å². The van der Waals surface area contributed by atoms with E-state index in [9.17, 15) is 18.0 Å². The molecule has 2 rings (SSSR count). The van der Waals surface area contributed by atoms with Crippen LogP contribution in [0.4, 0.5) is 5.69 Å². The van der Waals surface area contributed by atoms with Crippen molar-refractivity contribution in [2.24, 2.45) is 0 Å². The lowest BCUT2D eigenvalue weighted by Crippen LogP contribution is -2.23. The van der Waals surface area contributed by atoms with Gasteiger partial charge in [0.05, 0.1) is 11.5 Å². The van der Waals surface area contributed by atoms with Gasteiger partial charge in [0, 0.05) is 37.5 Å². The van der Waals surface area contributed by atoms with Gasteiger partial charge in [-0.3, -0.25) is 9.59 Å². The molecule has 0 fully saturated rings.